The molecule has 0 aliphatic carbocycles. The molecule has 4 aromatic rings. The number of allylic oxidation sites excluding steroid dienone is 3. The van der Waals surface area contributed by atoms with Gasteiger partial charge in [0.2, 0.25) is 0 Å². The fraction of sp³-hybridized carbons (Fsp3) is 0.368. The average Bonchev–Trinajstić information content (AvgIpc) is 3.39. The Kier molecular flexibility index (Phi) is 23.7. The number of benzene rings is 4. The molecular formula is C57H78N12O6. The standard InChI is InChI=1S/C57H78N12O6/c1-11-35(9)37(13-3)38(14-4)42(36(10)12-2)31-60-54(72)67-50-29-23-24-30-51(50)69-57(75)63-34-45-40(16-6)43(32-61-55(73)66-47-26-20-19-25-46(47)64-52(58)70)39(15-5)44(41(45)17-7)33-62-56(74)68-49-28-22-21-27-48(49)65-53(71)59-18-8/h19-30H,9,11-18,31-34H2,1-8,10H3,(H3,58,64,70)(H2,59,65,71)(H2,60,67,72)(H2,61,66,73)(H2,62,68,74)(H2,63,69,75)/b38-37-,42-36+. The summed E-state index contributed by atoms with van der Waals surface area (Å²) in [5.41, 5.74) is 18.6. The van der Waals surface area contributed by atoms with Gasteiger partial charge in [0, 0.05) is 32.7 Å². The lowest BCUT2D eigenvalue weighted by molar-refractivity contribution is 0.251. The summed E-state index contributed by atoms with van der Waals surface area (Å²) >= 11 is 0. The maximum atomic E-state index is 14.0. The van der Waals surface area contributed by atoms with E-state index in [-0.39, 0.29) is 19.6 Å². The number of rotatable bonds is 24. The van der Waals surface area contributed by atoms with Crippen LogP contribution in [0.25, 0.3) is 0 Å². The second-order valence-electron chi connectivity index (χ2n) is 17.5. The fourth-order valence-corrected chi connectivity index (χ4v) is 9.14. The van der Waals surface area contributed by atoms with Crippen LogP contribution >= 0.6 is 0 Å². The molecule has 0 bridgehead atoms. The molecule has 0 spiro atoms. The van der Waals surface area contributed by atoms with E-state index in [0.29, 0.717) is 66.5 Å². The smallest absolute Gasteiger partial charge is 0.319 e. The molecule has 4 rings (SSSR count). The number of carbonyl (C=O) groups excluding carboxylic acids is 6. The van der Waals surface area contributed by atoms with Gasteiger partial charge in [-0.2, -0.15) is 0 Å². The molecule has 0 atom stereocenters. The van der Waals surface area contributed by atoms with Crippen LogP contribution in [0, 0.1) is 0 Å². The Labute approximate surface area is 442 Å². The van der Waals surface area contributed by atoms with E-state index in [4.69, 9.17) is 5.73 Å². The molecule has 13 N–H and O–H groups in total. The van der Waals surface area contributed by atoms with Crippen molar-refractivity contribution in [2.45, 2.75) is 127 Å². The van der Waals surface area contributed by atoms with Crippen LogP contribution in [0.3, 0.4) is 0 Å². The number of hydrogen-bond acceptors (Lipinski definition) is 6. The summed E-state index contributed by atoms with van der Waals surface area (Å²) in [5, 5.41) is 31.6. The molecule has 0 heterocycles. The summed E-state index contributed by atoms with van der Waals surface area (Å²) in [6.07, 6.45) is 4.92. The van der Waals surface area contributed by atoms with E-state index >= 15 is 0 Å². The number of carbonyl (C=O) groups is 6. The van der Waals surface area contributed by atoms with Crippen molar-refractivity contribution in [3.05, 3.63) is 141 Å². The molecule has 0 saturated carbocycles. The van der Waals surface area contributed by atoms with Crippen molar-refractivity contribution in [1.82, 2.24) is 26.6 Å². The molecule has 0 saturated heterocycles. The summed E-state index contributed by atoms with van der Waals surface area (Å²) in [6, 6.07) is 17.2. The van der Waals surface area contributed by atoms with Gasteiger partial charge in [0.15, 0.2) is 0 Å². The Hall–Kier alpha value is -8.28. The van der Waals surface area contributed by atoms with Crippen LogP contribution < -0.4 is 64.2 Å². The van der Waals surface area contributed by atoms with E-state index in [1.807, 2.05) is 20.8 Å². The van der Waals surface area contributed by atoms with Gasteiger partial charge in [-0.15, -0.1) is 0 Å². The zero-order chi connectivity index (χ0) is 55.0. The third kappa shape index (κ3) is 16.9. The molecule has 0 aliphatic rings. The highest BCUT2D eigenvalue weighted by atomic mass is 16.2. The Bertz CT molecular complexity index is 2770. The van der Waals surface area contributed by atoms with Crippen LogP contribution in [0.15, 0.2) is 107 Å². The highest BCUT2D eigenvalue weighted by Crippen LogP contribution is 2.33. The molecule has 18 nitrogen and oxygen atoms in total. The molecule has 4 aromatic carbocycles. The van der Waals surface area contributed by atoms with E-state index in [1.54, 1.807) is 79.7 Å². The largest absolute Gasteiger partial charge is 0.351 e. The average molecular weight is 1030 g/mol. The predicted molar refractivity (Wildman–Crippen MR) is 304 cm³/mol. The number of hydrogen-bond donors (Lipinski definition) is 12. The second kappa shape index (κ2) is 30.0. The minimum atomic E-state index is -0.784. The summed E-state index contributed by atoms with van der Waals surface area (Å²) in [4.78, 5) is 78.8. The fourth-order valence-electron chi connectivity index (χ4n) is 9.14. The first kappa shape index (κ1) is 59.3. The highest BCUT2D eigenvalue weighted by molar-refractivity contribution is 6.00. The third-order valence-electron chi connectivity index (χ3n) is 12.9. The Morgan fingerprint density at radius 2 is 0.720 bits per heavy atom. The summed E-state index contributed by atoms with van der Waals surface area (Å²) in [5.74, 6) is 0. The van der Waals surface area contributed by atoms with Gasteiger partial charge in [-0.3, -0.25) is 0 Å². The Morgan fingerprint density at radius 3 is 1.00 bits per heavy atom. The molecule has 0 aromatic heterocycles. The van der Waals surface area contributed by atoms with Crippen molar-refractivity contribution in [2.24, 2.45) is 5.73 Å². The first-order valence-corrected chi connectivity index (χ1v) is 25.9. The van der Waals surface area contributed by atoms with Crippen LogP contribution in [0.2, 0.25) is 0 Å². The molecule has 0 radical (unpaired) electrons. The van der Waals surface area contributed by atoms with E-state index in [1.165, 1.54) is 16.7 Å². The van der Waals surface area contributed by atoms with Crippen LogP contribution in [0.4, 0.5) is 62.9 Å². The van der Waals surface area contributed by atoms with Gasteiger partial charge in [0.25, 0.3) is 0 Å². The maximum absolute atomic E-state index is 14.0. The number of primary amides is 1. The van der Waals surface area contributed by atoms with Gasteiger partial charge >= 0.3 is 36.2 Å². The second-order valence-corrected chi connectivity index (χ2v) is 17.5. The third-order valence-corrected chi connectivity index (χ3v) is 12.9. The topological polar surface area (TPSA) is 261 Å². The summed E-state index contributed by atoms with van der Waals surface area (Å²) in [6.45, 7) is 23.7. The molecule has 75 heavy (non-hydrogen) atoms. The number of nitrogens with two attached hydrogens (primary N) is 1. The van der Waals surface area contributed by atoms with E-state index in [0.717, 1.165) is 70.2 Å². The van der Waals surface area contributed by atoms with Gasteiger partial charge in [0.1, 0.15) is 0 Å². The quantitative estimate of drug-likeness (QED) is 0.0304. The van der Waals surface area contributed by atoms with Gasteiger partial charge in [-0.25, -0.2) is 28.8 Å². The molecule has 12 amide bonds. The van der Waals surface area contributed by atoms with Gasteiger partial charge in [-0.1, -0.05) is 103 Å². The molecule has 18 heteroatoms. The molecule has 0 fully saturated rings. The van der Waals surface area contributed by atoms with Crippen molar-refractivity contribution >= 4 is 70.3 Å². The van der Waals surface area contributed by atoms with E-state index in [9.17, 15) is 28.8 Å². The van der Waals surface area contributed by atoms with Crippen LogP contribution in [0.5, 0.6) is 0 Å². The molecule has 0 unspecified atom stereocenters. The molecular weight excluding hydrogens is 949 g/mol. The lowest BCUT2D eigenvalue weighted by Crippen LogP contribution is -2.34. The van der Waals surface area contributed by atoms with Gasteiger partial charge < -0.3 is 64.2 Å². The van der Waals surface area contributed by atoms with Crippen molar-refractivity contribution in [3.63, 3.8) is 0 Å². The molecule has 402 valence electrons. The number of para-hydroxylation sites is 6. The lowest BCUT2D eigenvalue weighted by atomic mass is 9.83. The predicted octanol–water partition coefficient (Wildman–Crippen LogP) is 11.9. The molecule has 0 aliphatic heterocycles. The number of urea groups is 6. The summed E-state index contributed by atoms with van der Waals surface area (Å²) in [7, 11) is 0. The van der Waals surface area contributed by atoms with Crippen LogP contribution in [-0.4, -0.2) is 49.3 Å². The monoisotopic (exact) mass is 1030 g/mol. The lowest BCUT2D eigenvalue weighted by Gasteiger charge is -2.27. The van der Waals surface area contributed by atoms with Crippen molar-refractivity contribution in [1.29, 1.82) is 0 Å². The zero-order valence-electron chi connectivity index (χ0n) is 45.1. The summed E-state index contributed by atoms with van der Waals surface area (Å²) < 4.78 is 0. The van der Waals surface area contributed by atoms with E-state index in [2.05, 4.69) is 99.7 Å². The van der Waals surface area contributed by atoms with Crippen LogP contribution in [0.1, 0.15) is 121 Å². The normalized spacial score (nSPS) is 11.4. The van der Waals surface area contributed by atoms with Crippen molar-refractivity contribution in [3.8, 4) is 0 Å². The van der Waals surface area contributed by atoms with E-state index < -0.39 is 36.2 Å². The SMILES string of the molecule is C=C(CC)/C(CC)=C(CC)\C(CNC(=O)Nc1ccccc1NC(=O)NCc1c(CC)c(CNC(=O)Nc2ccccc2NC(N)=O)c(CC)c(CNC(=O)Nc2ccccc2NC(=O)NCC)c1CC)=C(/C)CC. The van der Waals surface area contributed by atoms with Crippen molar-refractivity contribution < 1.29 is 28.8 Å². The minimum absolute atomic E-state index is 0.0745. The van der Waals surface area contributed by atoms with Gasteiger partial charge in [-0.05, 0) is 145 Å². The van der Waals surface area contributed by atoms with Crippen molar-refractivity contribution in [2.75, 3.05) is 45.0 Å². The van der Waals surface area contributed by atoms with Gasteiger partial charge in [0.05, 0.1) is 34.1 Å². The number of anilines is 6. The first-order chi connectivity index (χ1) is 36.1. The number of nitrogens with one attached hydrogen (secondary N) is 11. The Morgan fingerprint density at radius 1 is 0.400 bits per heavy atom. The number of amides is 12. The Balaban J connectivity index is 1.64. The minimum Gasteiger partial charge on any atom is -0.351 e. The van der Waals surface area contributed by atoms with Crippen LogP contribution in [-0.2, 0) is 38.9 Å². The first-order valence-electron chi connectivity index (χ1n) is 25.9. The maximum Gasteiger partial charge on any atom is 0.319 e. The highest BCUT2D eigenvalue weighted by Gasteiger charge is 2.24. The zero-order valence-corrected chi connectivity index (χ0v) is 45.1.